The normalized spacial score (nSPS) is 10.6. The molecule has 0 bridgehead atoms. The fourth-order valence-corrected chi connectivity index (χ4v) is 1.75. The van der Waals surface area contributed by atoms with Crippen molar-refractivity contribution in [2.75, 3.05) is 19.0 Å². The summed E-state index contributed by atoms with van der Waals surface area (Å²) in [5.74, 6) is 0.0253. The topological polar surface area (TPSA) is 20.3 Å². The summed E-state index contributed by atoms with van der Waals surface area (Å²) >= 11 is 0. The maximum Gasteiger partial charge on any atom is 0.185 e. The molecular formula is C17H17NO. The van der Waals surface area contributed by atoms with Crippen LogP contribution in [0.1, 0.15) is 15.9 Å². The summed E-state index contributed by atoms with van der Waals surface area (Å²) in [7, 11) is 4.01. The fourth-order valence-electron chi connectivity index (χ4n) is 1.75. The van der Waals surface area contributed by atoms with Gasteiger partial charge in [0.05, 0.1) is 0 Å². The minimum Gasteiger partial charge on any atom is -0.378 e. The third-order valence-electron chi connectivity index (χ3n) is 2.89. The highest BCUT2D eigenvalue weighted by molar-refractivity contribution is 6.06. The molecule has 0 aromatic heterocycles. The number of hydrogen-bond acceptors (Lipinski definition) is 2. The zero-order valence-electron chi connectivity index (χ0n) is 11.2. The molecule has 0 aliphatic heterocycles. The van der Waals surface area contributed by atoms with E-state index in [1.54, 1.807) is 6.08 Å². The predicted molar refractivity (Wildman–Crippen MR) is 80.6 cm³/mol. The first-order valence-electron chi connectivity index (χ1n) is 6.21. The van der Waals surface area contributed by atoms with E-state index >= 15 is 0 Å². The van der Waals surface area contributed by atoms with E-state index in [4.69, 9.17) is 0 Å². The number of hydrogen-bond donors (Lipinski definition) is 0. The number of ketones is 1. The Morgan fingerprint density at radius 3 is 2.16 bits per heavy atom. The largest absolute Gasteiger partial charge is 0.378 e. The Morgan fingerprint density at radius 1 is 0.947 bits per heavy atom. The second kappa shape index (κ2) is 6.01. The lowest BCUT2D eigenvalue weighted by Crippen LogP contribution is -2.07. The van der Waals surface area contributed by atoms with Crippen molar-refractivity contribution in [1.82, 2.24) is 0 Å². The molecule has 0 radical (unpaired) electrons. The molecule has 0 N–H and O–H groups in total. The van der Waals surface area contributed by atoms with E-state index < -0.39 is 0 Å². The van der Waals surface area contributed by atoms with Crippen LogP contribution < -0.4 is 4.90 Å². The third kappa shape index (κ3) is 3.55. The molecule has 0 unspecified atom stereocenters. The van der Waals surface area contributed by atoms with Crippen LogP contribution in [0.2, 0.25) is 0 Å². The van der Waals surface area contributed by atoms with Gasteiger partial charge in [0.15, 0.2) is 5.78 Å². The van der Waals surface area contributed by atoms with Gasteiger partial charge in [0.1, 0.15) is 0 Å². The summed E-state index contributed by atoms with van der Waals surface area (Å²) in [5.41, 5.74) is 2.88. The van der Waals surface area contributed by atoms with Gasteiger partial charge in [-0.2, -0.15) is 0 Å². The Bertz CT molecular complexity index is 568. The molecule has 0 fully saturated rings. The van der Waals surface area contributed by atoms with E-state index in [1.165, 1.54) is 0 Å². The maximum absolute atomic E-state index is 11.9. The minimum atomic E-state index is 0.0253. The number of benzene rings is 2. The first-order valence-corrected chi connectivity index (χ1v) is 6.21. The van der Waals surface area contributed by atoms with Crippen molar-refractivity contribution in [3.05, 3.63) is 71.8 Å². The van der Waals surface area contributed by atoms with Gasteiger partial charge in [0, 0.05) is 25.3 Å². The molecule has 2 heteroatoms. The Kier molecular flexibility index (Phi) is 4.14. The summed E-state index contributed by atoms with van der Waals surface area (Å²) in [6.07, 6.45) is 3.45. The second-order valence-electron chi connectivity index (χ2n) is 4.55. The van der Waals surface area contributed by atoms with Gasteiger partial charge >= 0.3 is 0 Å². The van der Waals surface area contributed by atoms with Crippen LogP contribution in [0.5, 0.6) is 0 Å². The molecular weight excluding hydrogens is 234 g/mol. The highest BCUT2D eigenvalue weighted by atomic mass is 16.1. The number of carbonyl (C=O) groups excluding carboxylic acids is 1. The van der Waals surface area contributed by atoms with Gasteiger partial charge in [-0.15, -0.1) is 0 Å². The Balaban J connectivity index is 2.08. The van der Waals surface area contributed by atoms with Crippen LogP contribution in [0.4, 0.5) is 5.69 Å². The third-order valence-corrected chi connectivity index (χ3v) is 2.89. The molecule has 0 saturated heterocycles. The first kappa shape index (κ1) is 13.1. The molecule has 2 nitrogen and oxygen atoms in total. The van der Waals surface area contributed by atoms with Crippen LogP contribution in [0, 0.1) is 0 Å². The van der Waals surface area contributed by atoms with Gasteiger partial charge in [-0.3, -0.25) is 4.79 Å². The fraction of sp³-hybridized carbons (Fsp3) is 0.118. The molecule has 2 aromatic carbocycles. The average Bonchev–Trinajstić information content (AvgIpc) is 2.46. The Labute approximate surface area is 114 Å². The Hall–Kier alpha value is -2.35. The van der Waals surface area contributed by atoms with Crippen molar-refractivity contribution in [2.45, 2.75) is 0 Å². The van der Waals surface area contributed by atoms with E-state index in [9.17, 15) is 4.79 Å². The van der Waals surface area contributed by atoms with Crippen LogP contribution >= 0.6 is 0 Å². The van der Waals surface area contributed by atoms with Crippen LogP contribution in [-0.2, 0) is 0 Å². The maximum atomic E-state index is 11.9. The highest BCUT2D eigenvalue weighted by Gasteiger charge is 1.99. The van der Waals surface area contributed by atoms with Gasteiger partial charge in [-0.1, -0.05) is 48.5 Å². The SMILES string of the molecule is CN(C)c1ccc(/C=C/C(=O)c2ccccc2)cc1. The number of allylic oxidation sites excluding steroid dienone is 1. The molecule has 0 atom stereocenters. The summed E-state index contributed by atoms with van der Waals surface area (Å²) in [6.45, 7) is 0. The molecule has 0 amide bonds. The smallest absolute Gasteiger partial charge is 0.185 e. The van der Waals surface area contributed by atoms with Crippen molar-refractivity contribution in [3.63, 3.8) is 0 Å². The van der Waals surface area contributed by atoms with Crippen LogP contribution in [0.25, 0.3) is 6.08 Å². The first-order chi connectivity index (χ1) is 9.16. The van der Waals surface area contributed by atoms with Gasteiger partial charge in [-0.25, -0.2) is 0 Å². The monoisotopic (exact) mass is 251 g/mol. The summed E-state index contributed by atoms with van der Waals surface area (Å²) in [5, 5.41) is 0. The quantitative estimate of drug-likeness (QED) is 0.610. The standard InChI is InChI=1S/C17H17NO/c1-18(2)16-11-8-14(9-12-16)10-13-17(19)15-6-4-3-5-7-15/h3-13H,1-2H3/b13-10+. The highest BCUT2D eigenvalue weighted by Crippen LogP contribution is 2.13. The van der Waals surface area contributed by atoms with E-state index in [2.05, 4.69) is 0 Å². The molecule has 2 rings (SSSR count). The van der Waals surface area contributed by atoms with Gasteiger partial charge < -0.3 is 4.90 Å². The lowest BCUT2D eigenvalue weighted by Gasteiger charge is -2.11. The average molecular weight is 251 g/mol. The van der Waals surface area contributed by atoms with E-state index in [0.717, 1.165) is 11.3 Å². The molecule has 2 aromatic rings. The van der Waals surface area contributed by atoms with Crippen molar-refractivity contribution >= 4 is 17.5 Å². The van der Waals surface area contributed by atoms with E-state index in [-0.39, 0.29) is 5.78 Å². The van der Waals surface area contributed by atoms with Crippen molar-refractivity contribution in [1.29, 1.82) is 0 Å². The van der Waals surface area contributed by atoms with Crippen molar-refractivity contribution in [2.24, 2.45) is 0 Å². The van der Waals surface area contributed by atoms with Gasteiger partial charge in [-0.05, 0) is 23.8 Å². The van der Waals surface area contributed by atoms with E-state index in [1.807, 2.05) is 79.7 Å². The van der Waals surface area contributed by atoms with Gasteiger partial charge in [0.25, 0.3) is 0 Å². The number of anilines is 1. The predicted octanol–water partition coefficient (Wildman–Crippen LogP) is 3.65. The summed E-state index contributed by atoms with van der Waals surface area (Å²) in [6, 6.07) is 17.4. The molecule has 96 valence electrons. The van der Waals surface area contributed by atoms with E-state index in [0.29, 0.717) is 5.56 Å². The molecule has 0 spiro atoms. The van der Waals surface area contributed by atoms with Crippen molar-refractivity contribution < 1.29 is 4.79 Å². The van der Waals surface area contributed by atoms with Crippen LogP contribution in [0.15, 0.2) is 60.7 Å². The zero-order chi connectivity index (χ0) is 13.7. The van der Waals surface area contributed by atoms with Gasteiger partial charge in [0.2, 0.25) is 0 Å². The lowest BCUT2D eigenvalue weighted by atomic mass is 10.1. The summed E-state index contributed by atoms with van der Waals surface area (Å²) < 4.78 is 0. The molecule has 0 saturated carbocycles. The second-order valence-corrected chi connectivity index (χ2v) is 4.55. The van der Waals surface area contributed by atoms with Crippen molar-refractivity contribution in [3.8, 4) is 0 Å². The van der Waals surface area contributed by atoms with Crippen LogP contribution in [-0.4, -0.2) is 19.9 Å². The summed E-state index contributed by atoms with van der Waals surface area (Å²) in [4.78, 5) is 13.9. The number of nitrogens with zero attached hydrogens (tertiary/aromatic N) is 1. The molecule has 19 heavy (non-hydrogen) atoms. The molecule has 0 heterocycles. The number of rotatable bonds is 4. The Morgan fingerprint density at radius 2 is 1.58 bits per heavy atom. The lowest BCUT2D eigenvalue weighted by molar-refractivity contribution is 0.104. The van der Waals surface area contributed by atoms with Crippen LogP contribution in [0.3, 0.4) is 0 Å². The number of carbonyl (C=O) groups is 1. The molecule has 0 aliphatic carbocycles. The molecule has 0 aliphatic rings. The zero-order valence-corrected chi connectivity index (χ0v) is 11.2. The minimum absolute atomic E-state index is 0.0253.